The molecule has 0 aliphatic heterocycles. The van der Waals surface area contributed by atoms with Gasteiger partial charge in [-0.05, 0) is 44.1 Å². The first-order valence-electron chi connectivity index (χ1n) is 6.80. The molecule has 2 heteroatoms. The Kier molecular flexibility index (Phi) is 7.19. The van der Waals surface area contributed by atoms with Crippen LogP contribution in [0.5, 0.6) is 5.75 Å². The van der Waals surface area contributed by atoms with Crippen LogP contribution in [-0.2, 0) is 0 Å². The quantitative estimate of drug-likeness (QED) is 0.615. The number of hydrogen-bond acceptors (Lipinski definition) is 2. The van der Waals surface area contributed by atoms with E-state index in [4.69, 9.17) is 4.74 Å². The van der Waals surface area contributed by atoms with E-state index in [1.807, 2.05) is 30.3 Å². The van der Waals surface area contributed by atoms with Crippen LogP contribution in [0.3, 0.4) is 0 Å². The zero-order valence-electron chi connectivity index (χ0n) is 11.7. The minimum Gasteiger partial charge on any atom is -0.494 e. The van der Waals surface area contributed by atoms with Crippen molar-refractivity contribution < 1.29 is 4.74 Å². The summed E-state index contributed by atoms with van der Waals surface area (Å²) in [6.45, 7) is 9.04. The average Bonchev–Trinajstić information content (AvgIpc) is 2.41. The SMILES string of the molecule is C=Cc1cccc(OCCCN(C)CCCC)c1. The number of rotatable bonds is 9. The van der Waals surface area contributed by atoms with Crippen molar-refractivity contribution in [3.8, 4) is 5.75 Å². The number of hydrogen-bond donors (Lipinski definition) is 0. The Hall–Kier alpha value is -1.28. The summed E-state index contributed by atoms with van der Waals surface area (Å²) in [5.74, 6) is 0.934. The van der Waals surface area contributed by atoms with Crippen LogP contribution in [0.15, 0.2) is 30.8 Å². The Balaban J connectivity index is 2.19. The van der Waals surface area contributed by atoms with Crippen LogP contribution in [0, 0.1) is 0 Å². The van der Waals surface area contributed by atoms with Crippen molar-refractivity contribution >= 4 is 6.08 Å². The van der Waals surface area contributed by atoms with Crippen molar-refractivity contribution in [3.05, 3.63) is 36.4 Å². The van der Waals surface area contributed by atoms with Gasteiger partial charge in [0.2, 0.25) is 0 Å². The highest BCUT2D eigenvalue weighted by Gasteiger charge is 1.98. The molecule has 0 aromatic heterocycles. The van der Waals surface area contributed by atoms with Crippen LogP contribution in [0.4, 0.5) is 0 Å². The number of nitrogens with zero attached hydrogens (tertiary/aromatic N) is 1. The highest BCUT2D eigenvalue weighted by Crippen LogP contribution is 2.14. The lowest BCUT2D eigenvalue weighted by atomic mass is 10.2. The molecule has 0 radical (unpaired) electrons. The first kappa shape index (κ1) is 14.8. The second-order valence-corrected chi connectivity index (χ2v) is 4.64. The van der Waals surface area contributed by atoms with Crippen LogP contribution in [0.25, 0.3) is 6.08 Å². The summed E-state index contributed by atoms with van der Waals surface area (Å²) in [5, 5.41) is 0. The fourth-order valence-corrected chi connectivity index (χ4v) is 1.80. The zero-order valence-corrected chi connectivity index (χ0v) is 11.7. The second-order valence-electron chi connectivity index (χ2n) is 4.64. The predicted molar refractivity (Wildman–Crippen MR) is 79.1 cm³/mol. The molecule has 0 saturated heterocycles. The van der Waals surface area contributed by atoms with Crippen LogP contribution < -0.4 is 4.74 Å². The van der Waals surface area contributed by atoms with Gasteiger partial charge in [0.25, 0.3) is 0 Å². The van der Waals surface area contributed by atoms with Gasteiger partial charge in [-0.2, -0.15) is 0 Å². The van der Waals surface area contributed by atoms with E-state index in [-0.39, 0.29) is 0 Å². The Labute approximate surface area is 111 Å². The highest BCUT2D eigenvalue weighted by molar-refractivity contribution is 5.49. The van der Waals surface area contributed by atoms with Crippen LogP contribution in [-0.4, -0.2) is 31.6 Å². The monoisotopic (exact) mass is 247 g/mol. The van der Waals surface area contributed by atoms with Crippen molar-refractivity contribution in [2.45, 2.75) is 26.2 Å². The first-order valence-corrected chi connectivity index (χ1v) is 6.80. The summed E-state index contributed by atoms with van der Waals surface area (Å²) >= 11 is 0. The molecule has 0 bridgehead atoms. The van der Waals surface area contributed by atoms with Crippen LogP contribution >= 0.6 is 0 Å². The molecular formula is C16H25NO. The number of unbranched alkanes of at least 4 members (excludes halogenated alkanes) is 1. The normalized spacial score (nSPS) is 10.6. The molecule has 0 aliphatic rings. The van der Waals surface area contributed by atoms with Gasteiger partial charge in [-0.15, -0.1) is 0 Å². The maximum Gasteiger partial charge on any atom is 0.119 e. The fourth-order valence-electron chi connectivity index (χ4n) is 1.80. The van der Waals surface area contributed by atoms with Gasteiger partial charge in [-0.25, -0.2) is 0 Å². The zero-order chi connectivity index (χ0) is 13.2. The van der Waals surface area contributed by atoms with Crippen LogP contribution in [0.2, 0.25) is 0 Å². The van der Waals surface area contributed by atoms with Gasteiger partial charge in [-0.1, -0.05) is 38.1 Å². The first-order chi connectivity index (χ1) is 8.76. The standard InChI is InChI=1S/C16H25NO/c1-4-6-11-17(3)12-8-13-18-16-10-7-9-15(5-2)14-16/h5,7,9-10,14H,2,4,6,8,11-13H2,1,3H3. The molecule has 18 heavy (non-hydrogen) atoms. The van der Waals surface area contributed by atoms with Crippen molar-refractivity contribution in [1.29, 1.82) is 0 Å². The van der Waals surface area contributed by atoms with Gasteiger partial charge in [0.1, 0.15) is 5.75 Å². The molecule has 0 saturated carbocycles. The Morgan fingerprint density at radius 2 is 2.06 bits per heavy atom. The number of benzene rings is 1. The van der Waals surface area contributed by atoms with E-state index in [0.29, 0.717) is 0 Å². The Morgan fingerprint density at radius 1 is 1.28 bits per heavy atom. The molecule has 0 heterocycles. The van der Waals surface area contributed by atoms with E-state index < -0.39 is 0 Å². The maximum atomic E-state index is 5.73. The lowest BCUT2D eigenvalue weighted by molar-refractivity contribution is 0.261. The third-order valence-electron chi connectivity index (χ3n) is 2.94. The third kappa shape index (κ3) is 5.87. The Morgan fingerprint density at radius 3 is 2.78 bits per heavy atom. The topological polar surface area (TPSA) is 12.5 Å². The fraction of sp³-hybridized carbons (Fsp3) is 0.500. The molecule has 0 N–H and O–H groups in total. The van der Waals surface area contributed by atoms with Gasteiger partial charge < -0.3 is 9.64 Å². The molecule has 1 aromatic carbocycles. The smallest absolute Gasteiger partial charge is 0.119 e. The van der Waals surface area contributed by atoms with Crippen molar-refractivity contribution in [2.24, 2.45) is 0 Å². The van der Waals surface area contributed by atoms with Gasteiger partial charge in [0.05, 0.1) is 6.61 Å². The molecule has 0 spiro atoms. The third-order valence-corrected chi connectivity index (χ3v) is 2.94. The lowest BCUT2D eigenvalue weighted by Crippen LogP contribution is -2.22. The molecule has 2 nitrogen and oxygen atoms in total. The van der Waals surface area contributed by atoms with Gasteiger partial charge in [0, 0.05) is 6.54 Å². The lowest BCUT2D eigenvalue weighted by Gasteiger charge is -2.16. The van der Waals surface area contributed by atoms with E-state index in [1.165, 1.54) is 19.4 Å². The molecule has 1 rings (SSSR count). The summed E-state index contributed by atoms with van der Waals surface area (Å²) in [6.07, 6.45) is 5.44. The van der Waals surface area contributed by atoms with Gasteiger partial charge in [-0.3, -0.25) is 0 Å². The Bertz CT molecular complexity index is 349. The minimum absolute atomic E-state index is 0.775. The highest BCUT2D eigenvalue weighted by atomic mass is 16.5. The summed E-state index contributed by atoms with van der Waals surface area (Å²) in [5.41, 5.74) is 1.10. The van der Waals surface area contributed by atoms with Gasteiger partial charge in [0.15, 0.2) is 0 Å². The molecule has 0 aliphatic carbocycles. The molecule has 0 fully saturated rings. The summed E-state index contributed by atoms with van der Waals surface area (Å²) < 4.78 is 5.73. The van der Waals surface area contributed by atoms with E-state index in [1.54, 1.807) is 0 Å². The molecular weight excluding hydrogens is 222 g/mol. The van der Waals surface area contributed by atoms with Crippen molar-refractivity contribution in [1.82, 2.24) is 4.90 Å². The van der Waals surface area contributed by atoms with Crippen molar-refractivity contribution in [3.63, 3.8) is 0 Å². The number of ether oxygens (including phenoxy) is 1. The van der Waals surface area contributed by atoms with E-state index in [2.05, 4.69) is 25.5 Å². The maximum absolute atomic E-state index is 5.73. The largest absolute Gasteiger partial charge is 0.494 e. The predicted octanol–water partition coefficient (Wildman–Crippen LogP) is 3.83. The van der Waals surface area contributed by atoms with Crippen molar-refractivity contribution in [2.75, 3.05) is 26.7 Å². The minimum atomic E-state index is 0.775. The second kappa shape index (κ2) is 8.76. The molecule has 1 aromatic rings. The summed E-state index contributed by atoms with van der Waals surface area (Å²) in [4.78, 5) is 2.37. The summed E-state index contributed by atoms with van der Waals surface area (Å²) in [7, 11) is 2.17. The average molecular weight is 247 g/mol. The molecule has 0 unspecified atom stereocenters. The summed E-state index contributed by atoms with van der Waals surface area (Å²) in [6, 6.07) is 8.04. The van der Waals surface area contributed by atoms with E-state index in [0.717, 1.165) is 30.9 Å². The molecule has 100 valence electrons. The van der Waals surface area contributed by atoms with Crippen LogP contribution in [0.1, 0.15) is 31.7 Å². The van der Waals surface area contributed by atoms with E-state index >= 15 is 0 Å². The molecule has 0 amide bonds. The van der Waals surface area contributed by atoms with E-state index in [9.17, 15) is 0 Å². The molecule has 0 atom stereocenters. The van der Waals surface area contributed by atoms with Gasteiger partial charge >= 0.3 is 0 Å².